The van der Waals surface area contributed by atoms with Crippen LogP contribution in [0.4, 0.5) is 0 Å². The Balaban J connectivity index is 1.80. The van der Waals surface area contributed by atoms with Gasteiger partial charge in [0.25, 0.3) is 0 Å². The zero-order valence-electron chi connectivity index (χ0n) is 12.3. The van der Waals surface area contributed by atoms with Crippen LogP contribution in [0.3, 0.4) is 0 Å². The minimum Gasteiger partial charge on any atom is -0.462 e. The molecule has 0 aliphatic heterocycles. The predicted octanol–water partition coefficient (Wildman–Crippen LogP) is 4.49. The molecule has 0 saturated heterocycles. The highest BCUT2D eigenvalue weighted by molar-refractivity contribution is 5.88. The second-order valence-electron chi connectivity index (χ2n) is 6.26. The van der Waals surface area contributed by atoms with Crippen molar-refractivity contribution in [1.82, 2.24) is 0 Å². The summed E-state index contributed by atoms with van der Waals surface area (Å²) < 4.78 is 5.36. The van der Waals surface area contributed by atoms with Crippen molar-refractivity contribution in [2.24, 2.45) is 17.8 Å². The molecule has 2 aliphatic rings. The van der Waals surface area contributed by atoms with E-state index in [1.165, 1.54) is 32.1 Å². The number of hydrogen-bond donors (Lipinski definition) is 0. The molecular weight excluding hydrogens is 236 g/mol. The Labute approximate surface area is 117 Å². The Morgan fingerprint density at radius 1 is 1.16 bits per heavy atom. The van der Waals surface area contributed by atoms with Crippen LogP contribution in [-0.2, 0) is 9.53 Å². The van der Waals surface area contributed by atoms with Crippen LogP contribution in [0.25, 0.3) is 0 Å². The van der Waals surface area contributed by atoms with E-state index in [9.17, 15) is 4.79 Å². The largest absolute Gasteiger partial charge is 0.462 e. The van der Waals surface area contributed by atoms with E-state index in [0.29, 0.717) is 18.4 Å². The van der Waals surface area contributed by atoms with Gasteiger partial charge in [0.2, 0.25) is 0 Å². The third-order valence-electron chi connectivity index (χ3n) is 5.02. The summed E-state index contributed by atoms with van der Waals surface area (Å²) >= 11 is 0. The molecule has 0 aromatic carbocycles. The molecule has 0 heterocycles. The van der Waals surface area contributed by atoms with Crippen molar-refractivity contribution in [3.05, 3.63) is 12.2 Å². The maximum Gasteiger partial charge on any atom is 0.333 e. The van der Waals surface area contributed by atoms with Crippen molar-refractivity contribution in [3.8, 4) is 0 Å². The molecule has 2 aliphatic carbocycles. The Bertz CT molecular complexity index is 321. The van der Waals surface area contributed by atoms with Gasteiger partial charge in [-0.1, -0.05) is 45.6 Å². The quantitative estimate of drug-likeness (QED) is 0.401. The van der Waals surface area contributed by atoms with Crippen molar-refractivity contribution in [2.75, 3.05) is 6.61 Å². The number of esters is 1. The summed E-state index contributed by atoms with van der Waals surface area (Å²) in [5.41, 5.74) is 0.755. The molecule has 3 unspecified atom stereocenters. The monoisotopic (exact) mass is 264 g/mol. The van der Waals surface area contributed by atoms with Crippen LogP contribution in [0.2, 0.25) is 0 Å². The SMILES string of the molecule is C=C(C(=O)OCCCCC)C1CCC2CCCCC21. The van der Waals surface area contributed by atoms with Crippen LogP contribution in [0, 0.1) is 17.8 Å². The van der Waals surface area contributed by atoms with E-state index in [1.54, 1.807) is 0 Å². The van der Waals surface area contributed by atoms with Gasteiger partial charge in [-0.3, -0.25) is 0 Å². The summed E-state index contributed by atoms with van der Waals surface area (Å²) in [7, 11) is 0. The lowest BCUT2D eigenvalue weighted by Crippen LogP contribution is -2.24. The van der Waals surface area contributed by atoms with Gasteiger partial charge in [-0.05, 0) is 43.4 Å². The second kappa shape index (κ2) is 7.12. The molecule has 2 saturated carbocycles. The van der Waals surface area contributed by atoms with Crippen molar-refractivity contribution >= 4 is 5.97 Å². The lowest BCUT2D eigenvalue weighted by molar-refractivity contribution is -0.140. The Morgan fingerprint density at radius 3 is 2.74 bits per heavy atom. The van der Waals surface area contributed by atoms with Gasteiger partial charge < -0.3 is 4.74 Å². The Hall–Kier alpha value is -0.790. The van der Waals surface area contributed by atoms with Crippen LogP contribution in [0.5, 0.6) is 0 Å². The molecule has 3 atom stereocenters. The maximum atomic E-state index is 12.0. The van der Waals surface area contributed by atoms with Gasteiger partial charge in [0, 0.05) is 5.57 Å². The fourth-order valence-corrected chi connectivity index (χ4v) is 3.93. The van der Waals surface area contributed by atoms with E-state index in [0.717, 1.165) is 37.2 Å². The lowest BCUT2D eigenvalue weighted by atomic mass is 9.76. The smallest absolute Gasteiger partial charge is 0.333 e. The van der Waals surface area contributed by atoms with E-state index in [1.807, 2.05) is 0 Å². The first kappa shape index (κ1) is 14.6. The van der Waals surface area contributed by atoms with Crippen molar-refractivity contribution < 1.29 is 9.53 Å². The standard InChI is InChI=1S/C17H28O2/c1-3-4-7-12-19-17(18)13(2)15-11-10-14-8-5-6-9-16(14)15/h14-16H,2-12H2,1H3. The highest BCUT2D eigenvalue weighted by atomic mass is 16.5. The first-order valence-electron chi connectivity index (χ1n) is 8.10. The average molecular weight is 264 g/mol. The first-order valence-corrected chi connectivity index (χ1v) is 8.10. The van der Waals surface area contributed by atoms with Gasteiger partial charge in [0.05, 0.1) is 6.61 Å². The molecule has 0 spiro atoms. The Morgan fingerprint density at radius 2 is 1.95 bits per heavy atom. The second-order valence-corrected chi connectivity index (χ2v) is 6.26. The van der Waals surface area contributed by atoms with E-state index in [2.05, 4.69) is 13.5 Å². The summed E-state index contributed by atoms with van der Waals surface area (Å²) in [4.78, 5) is 12.0. The fourth-order valence-electron chi connectivity index (χ4n) is 3.93. The van der Waals surface area contributed by atoms with Gasteiger partial charge in [0.1, 0.15) is 0 Å². The van der Waals surface area contributed by atoms with Crippen molar-refractivity contribution in [3.63, 3.8) is 0 Å². The number of ether oxygens (including phenoxy) is 1. The zero-order valence-corrected chi connectivity index (χ0v) is 12.3. The molecule has 0 N–H and O–H groups in total. The van der Waals surface area contributed by atoms with Gasteiger partial charge in [0.15, 0.2) is 0 Å². The van der Waals surface area contributed by atoms with Crippen molar-refractivity contribution in [1.29, 1.82) is 0 Å². The lowest BCUT2D eigenvalue weighted by Gasteiger charge is -2.29. The molecule has 2 rings (SSSR count). The molecule has 108 valence electrons. The highest BCUT2D eigenvalue weighted by Crippen LogP contribution is 2.48. The van der Waals surface area contributed by atoms with Gasteiger partial charge in [-0.15, -0.1) is 0 Å². The van der Waals surface area contributed by atoms with Crippen LogP contribution >= 0.6 is 0 Å². The Kier molecular flexibility index (Phi) is 5.47. The average Bonchev–Trinajstić information content (AvgIpc) is 2.86. The van der Waals surface area contributed by atoms with E-state index < -0.39 is 0 Å². The number of fused-ring (bicyclic) bond motifs is 1. The zero-order chi connectivity index (χ0) is 13.7. The number of unbranched alkanes of at least 4 members (excludes halogenated alkanes) is 2. The van der Waals surface area contributed by atoms with E-state index in [-0.39, 0.29) is 5.97 Å². The summed E-state index contributed by atoms with van der Waals surface area (Å²) in [5.74, 6) is 1.84. The molecule has 2 nitrogen and oxygen atoms in total. The molecule has 2 fully saturated rings. The number of hydrogen-bond acceptors (Lipinski definition) is 2. The van der Waals surface area contributed by atoms with Gasteiger partial charge in [-0.2, -0.15) is 0 Å². The van der Waals surface area contributed by atoms with Crippen molar-refractivity contribution in [2.45, 2.75) is 64.7 Å². The number of carbonyl (C=O) groups is 1. The minimum absolute atomic E-state index is 0.132. The van der Waals surface area contributed by atoms with Gasteiger partial charge in [-0.25, -0.2) is 4.79 Å². The van der Waals surface area contributed by atoms with E-state index >= 15 is 0 Å². The molecule has 0 radical (unpaired) electrons. The molecular formula is C17H28O2. The molecule has 0 bridgehead atoms. The van der Waals surface area contributed by atoms with Crippen LogP contribution < -0.4 is 0 Å². The third-order valence-corrected chi connectivity index (χ3v) is 5.02. The fraction of sp³-hybridized carbons (Fsp3) is 0.824. The summed E-state index contributed by atoms with van der Waals surface area (Å²) in [5, 5.41) is 0. The topological polar surface area (TPSA) is 26.3 Å². The van der Waals surface area contributed by atoms with Crippen LogP contribution in [-0.4, -0.2) is 12.6 Å². The van der Waals surface area contributed by atoms with Crippen LogP contribution in [0.15, 0.2) is 12.2 Å². The molecule has 19 heavy (non-hydrogen) atoms. The molecule has 2 heteroatoms. The summed E-state index contributed by atoms with van der Waals surface area (Å²) in [6.07, 6.45) is 11.1. The first-order chi connectivity index (χ1) is 9.24. The van der Waals surface area contributed by atoms with Gasteiger partial charge >= 0.3 is 5.97 Å². The van der Waals surface area contributed by atoms with Crippen LogP contribution in [0.1, 0.15) is 64.7 Å². The normalized spacial score (nSPS) is 29.8. The summed E-state index contributed by atoms with van der Waals surface area (Å²) in [6, 6.07) is 0. The van der Waals surface area contributed by atoms with E-state index in [4.69, 9.17) is 4.74 Å². The molecule has 0 aromatic heterocycles. The third kappa shape index (κ3) is 3.61. The summed E-state index contributed by atoms with van der Waals surface area (Å²) in [6.45, 7) is 6.77. The highest BCUT2D eigenvalue weighted by Gasteiger charge is 2.40. The molecule has 0 aromatic rings. The number of rotatable bonds is 6. The minimum atomic E-state index is -0.132. The molecule has 0 amide bonds. The predicted molar refractivity (Wildman–Crippen MR) is 77.8 cm³/mol. The number of carbonyl (C=O) groups excluding carboxylic acids is 1. The maximum absolute atomic E-state index is 12.0.